The van der Waals surface area contributed by atoms with E-state index in [0.717, 1.165) is 0 Å². The van der Waals surface area contributed by atoms with Crippen LogP contribution in [0.25, 0.3) is 0 Å². The van der Waals surface area contributed by atoms with Crippen LogP contribution in [-0.4, -0.2) is 43.2 Å². The Morgan fingerprint density at radius 1 is 1.33 bits per heavy atom. The fourth-order valence-corrected chi connectivity index (χ4v) is 1.95. The minimum atomic E-state index is -4.16. The molecule has 2 heterocycles. The van der Waals surface area contributed by atoms with Crippen molar-refractivity contribution in [2.24, 2.45) is 11.8 Å². The van der Waals surface area contributed by atoms with Crippen molar-refractivity contribution in [3.63, 3.8) is 0 Å². The minimum Gasteiger partial charge on any atom is -0.342 e. The second-order valence-electron chi connectivity index (χ2n) is 4.17. The molecular formula is C9H13F3N2O. The van der Waals surface area contributed by atoms with Gasteiger partial charge in [0.2, 0.25) is 5.91 Å². The van der Waals surface area contributed by atoms with Crippen LogP contribution in [0.4, 0.5) is 13.2 Å². The summed E-state index contributed by atoms with van der Waals surface area (Å²) in [5.74, 6) is -1.55. The van der Waals surface area contributed by atoms with Crippen molar-refractivity contribution < 1.29 is 18.0 Å². The maximum Gasteiger partial charge on any atom is 0.393 e. The van der Waals surface area contributed by atoms with E-state index in [1.54, 1.807) is 0 Å². The molecule has 1 amide bonds. The van der Waals surface area contributed by atoms with E-state index in [1.165, 1.54) is 4.90 Å². The van der Waals surface area contributed by atoms with E-state index >= 15 is 0 Å². The van der Waals surface area contributed by atoms with E-state index in [9.17, 15) is 18.0 Å². The lowest BCUT2D eigenvalue weighted by Crippen LogP contribution is -2.51. The largest absolute Gasteiger partial charge is 0.393 e. The Kier molecular flexibility index (Phi) is 2.62. The Bertz CT molecular complexity index is 263. The summed E-state index contributed by atoms with van der Waals surface area (Å²) in [6, 6.07) is 0. The lowest BCUT2D eigenvalue weighted by Gasteiger charge is -2.30. The molecular weight excluding hydrogens is 209 g/mol. The highest BCUT2D eigenvalue weighted by Gasteiger charge is 2.45. The van der Waals surface area contributed by atoms with Gasteiger partial charge in [-0.05, 0) is 6.42 Å². The molecule has 86 valence electrons. The van der Waals surface area contributed by atoms with Gasteiger partial charge in [-0.2, -0.15) is 13.2 Å². The summed E-state index contributed by atoms with van der Waals surface area (Å²) in [5, 5.41) is 2.94. The highest BCUT2D eigenvalue weighted by Crippen LogP contribution is 2.34. The standard InChI is InChI=1S/C9H13F3N2O/c10-9(11,12)7-1-2-14(5-7)8(15)6-3-13-4-6/h6-7,13H,1-5H2. The molecule has 3 nitrogen and oxygen atoms in total. The number of hydrogen-bond donors (Lipinski definition) is 1. The molecule has 15 heavy (non-hydrogen) atoms. The average molecular weight is 222 g/mol. The molecule has 2 aliphatic rings. The molecule has 2 saturated heterocycles. The Labute approximate surface area is 85.6 Å². The van der Waals surface area contributed by atoms with Crippen molar-refractivity contribution in [1.82, 2.24) is 10.2 Å². The molecule has 0 aliphatic carbocycles. The van der Waals surface area contributed by atoms with Gasteiger partial charge in [-0.25, -0.2) is 0 Å². The first kappa shape index (κ1) is 10.7. The van der Waals surface area contributed by atoms with Gasteiger partial charge in [-0.15, -0.1) is 0 Å². The van der Waals surface area contributed by atoms with E-state index in [2.05, 4.69) is 5.32 Å². The molecule has 0 aromatic rings. The third kappa shape index (κ3) is 2.09. The lowest BCUT2D eigenvalue weighted by atomic mass is 10.0. The number of nitrogens with zero attached hydrogens (tertiary/aromatic N) is 1. The molecule has 2 rings (SSSR count). The third-order valence-electron chi connectivity index (χ3n) is 3.09. The van der Waals surface area contributed by atoms with Gasteiger partial charge in [0.1, 0.15) is 0 Å². The maximum absolute atomic E-state index is 12.3. The molecule has 0 aromatic heterocycles. The summed E-state index contributed by atoms with van der Waals surface area (Å²) in [4.78, 5) is 13.0. The first-order valence-corrected chi connectivity index (χ1v) is 5.04. The minimum absolute atomic E-state index is 0.0510. The number of amides is 1. The van der Waals surface area contributed by atoms with Crippen molar-refractivity contribution in [2.75, 3.05) is 26.2 Å². The Balaban J connectivity index is 1.89. The second-order valence-corrected chi connectivity index (χ2v) is 4.17. The van der Waals surface area contributed by atoms with Crippen LogP contribution in [0.1, 0.15) is 6.42 Å². The first-order chi connectivity index (χ1) is 6.98. The van der Waals surface area contributed by atoms with E-state index in [-0.39, 0.29) is 31.3 Å². The first-order valence-electron chi connectivity index (χ1n) is 5.04. The summed E-state index contributed by atoms with van der Waals surface area (Å²) in [7, 11) is 0. The number of likely N-dealkylation sites (tertiary alicyclic amines) is 1. The highest BCUT2D eigenvalue weighted by molar-refractivity contribution is 5.80. The van der Waals surface area contributed by atoms with E-state index in [1.807, 2.05) is 0 Å². The highest BCUT2D eigenvalue weighted by atomic mass is 19.4. The monoisotopic (exact) mass is 222 g/mol. The van der Waals surface area contributed by atoms with Crippen LogP contribution in [0.3, 0.4) is 0 Å². The third-order valence-corrected chi connectivity index (χ3v) is 3.09. The van der Waals surface area contributed by atoms with Gasteiger partial charge in [-0.1, -0.05) is 0 Å². The molecule has 2 aliphatic heterocycles. The Morgan fingerprint density at radius 3 is 2.40 bits per heavy atom. The van der Waals surface area contributed by atoms with E-state index in [4.69, 9.17) is 0 Å². The molecule has 0 bridgehead atoms. The number of carbonyl (C=O) groups is 1. The average Bonchev–Trinajstić information content (AvgIpc) is 2.46. The molecule has 6 heteroatoms. The van der Waals surface area contributed by atoms with Crippen molar-refractivity contribution in [3.8, 4) is 0 Å². The molecule has 1 unspecified atom stereocenters. The molecule has 2 fully saturated rings. The summed E-state index contributed by atoms with van der Waals surface area (Å²) in [5.41, 5.74) is 0. The number of halogens is 3. The fraction of sp³-hybridized carbons (Fsp3) is 0.889. The summed E-state index contributed by atoms with van der Waals surface area (Å²) >= 11 is 0. The second kappa shape index (κ2) is 3.66. The SMILES string of the molecule is O=C(C1CNC1)N1CCC(C(F)(F)F)C1. The van der Waals surface area contributed by atoms with E-state index in [0.29, 0.717) is 13.1 Å². The summed E-state index contributed by atoms with van der Waals surface area (Å²) in [6.45, 7) is 1.30. The number of rotatable bonds is 1. The topological polar surface area (TPSA) is 32.3 Å². The molecule has 1 N–H and O–H groups in total. The lowest BCUT2D eigenvalue weighted by molar-refractivity contribution is -0.171. The van der Waals surface area contributed by atoms with Crippen LogP contribution in [0.15, 0.2) is 0 Å². The Hall–Kier alpha value is -0.780. The zero-order chi connectivity index (χ0) is 11.1. The molecule has 0 saturated carbocycles. The maximum atomic E-state index is 12.3. The van der Waals surface area contributed by atoms with Crippen LogP contribution in [0.5, 0.6) is 0 Å². The normalized spacial score (nSPS) is 27.9. The van der Waals surface area contributed by atoms with Gasteiger partial charge >= 0.3 is 6.18 Å². The zero-order valence-corrected chi connectivity index (χ0v) is 8.18. The number of carbonyl (C=O) groups excluding carboxylic acids is 1. The molecule has 0 spiro atoms. The van der Waals surface area contributed by atoms with Gasteiger partial charge in [-0.3, -0.25) is 4.79 Å². The van der Waals surface area contributed by atoms with Crippen molar-refractivity contribution in [1.29, 1.82) is 0 Å². The predicted octanol–water partition coefficient (Wildman–Crippen LogP) is 0.617. The van der Waals surface area contributed by atoms with Gasteiger partial charge in [0.15, 0.2) is 0 Å². The van der Waals surface area contributed by atoms with Gasteiger partial charge in [0.25, 0.3) is 0 Å². The summed E-state index contributed by atoms with van der Waals surface area (Å²) in [6.07, 6.45) is -4.11. The number of alkyl halides is 3. The van der Waals surface area contributed by atoms with E-state index < -0.39 is 12.1 Å². The Morgan fingerprint density at radius 2 is 2.00 bits per heavy atom. The molecule has 1 atom stereocenters. The zero-order valence-electron chi connectivity index (χ0n) is 8.18. The van der Waals surface area contributed by atoms with Crippen LogP contribution in [0, 0.1) is 11.8 Å². The van der Waals surface area contributed by atoms with Crippen LogP contribution >= 0.6 is 0 Å². The molecule has 0 radical (unpaired) electrons. The smallest absolute Gasteiger partial charge is 0.342 e. The number of hydrogen-bond acceptors (Lipinski definition) is 2. The van der Waals surface area contributed by atoms with Crippen molar-refractivity contribution >= 4 is 5.91 Å². The predicted molar refractivity (Wildman–Crippen MR) is 47.1 cm³/mol. The van der Waals surface area contributed by atoms with Crippen molar-refractivity contribution in [2.45, 2.75) is 12.6 Å². The number of nitrogens with one attached hydrogen (secondary N) is 1. The van der Waals surface area contributed by atoms with Crippen LogP contribution in [0.2, 0.25) is 0 Å². The van der Waals surface area contributed by atoms with Gasteiger partial charge in [0.05, 0.1) is 11.8 Å². The van der Waals surface area contributed by atoms with Crippen LogP contribution in [-0.2, 0) is 4.79 Å². The van der Waals surface area contributed by atoms with Gasteiger partial charge in [0, 0.05) is 26.2 Å². The van der Waals surface area contributed by atoms with Gasteiger partial charge < -0.3 is 10.2 Å². The quantitative estimate of drug-likeness (QED) is 0.705. The summed E-state index contributed by atoms with van der Waals surface area (Å²) < 4.78 is 37.0. The fourth-order valence-electron chi connectivity index (χ4n) is 1.95. The molecule has 0 aromatic carbocycles. The van der Waals surface area contributed by atoms with Crippen LogP contribution < -0.4 is 5.32 Å². The van der Waals surface area contributed by atoms with Crippen molar-refractivity contribution in [3.05, 3.63) is 0 Å².